The van der Waals surface area contributed by atoms with Crippen molar-refractivity contribution < 1.29 is 4.74 Å². The molecule has 2 unspecified atom stereocenters. The first kappa shape index (κ1) is 18.1. The van der Waals surface area contributed by atoms with Crippen molar-refractivity contribution in [1.29, 1.82) is 0 Å². The Bertz CT molecular complexity index is 378. The van der Waals surface area contributed by atoms with Crippen LogP contribution in [0.4, 0.5) is 0 Å². The van der Waals surface area contributed by atoms with Gasteiger partial charge < -0.3 is 10.5 Å². The number of nitrogens with two attached hydrogens (primary N) is 1. The molecule has 1 aromatic carbocycles. The third kappa shape index (κ3) is 5.77. The summed E-state index contributed by atoms with van der Waals surface area (Å²) in [7, 11) is 1.76. The van der Waals surface area contributed by atoms with Crippen molar-refractivity contribution in [1.82, 2.24) is 4.90 Å². The molecule has 0 aliphatic rings. The van der Waals surface area contributed by atoms with Gasteiger partial charge in [-0.25, -0.2) is 0 Å². The monoisotopic (exact) mass is 292 g/mol. The van der Waals surface area contributed by atoms with Crippen LogP contribution in [-0.2, 0) is 4.74 Å². The van der Waals surface area contributed by atoms with E-state index < -0.39 is 0 Å². The highest BCUT2D eigenvalue weighted by atomic mass is 16.5. The van der Waals surface area contributed by atoms with Crippen molar-refractivity contribution in [3.8, 4) is 0 Å². The molecule has 21 heavy (non-hydrogen) atoms. The summed E-state index contributed by atoms with van der Waals surface area (Å²) in [6.45, 7) is 11.7. The zero-order valence-electron chi connectivity index (χ0n) is 14.3. The van der Waals surface area contributed by atoms with Crippen LogP contribution in [0.5, 0.6) is 0 Å². The molecule has 3 nitrogen and oxygen atoms in total. The van der Waals surface area contributed by atoms with E-state index in [2.05, 4.69) is 56.9 Å². The molecule has 0 aliphatic heterocycles. The Morgan fingerprint density at radius 2 is 1.71 bits per heavy atom. The SMILES string of the molecule is COCCN(CC(C)C)C(C(C)C)C(N)c1ccccc1. The third-order valence-corrected chi connectivity index (χ3v) is 3.84. The highest BCUT2D eigenvalue weighted by Gasteiger charge is 2.29. The number of methoxy groups -OCH3 is 1. The summed E-state index contributed by atoms with van der Waals surface area (Å²) in [5.41, 5.74) is 7.82. The zero-order chi connectivity index (χ0) is 15.8. The van der Waals surface area contributed by atoms with Gasteiger partial charge in [0.15, 0.2) is 0 Å². The van der Waals surface area contributed by atoms with Crippen LogP contribution >= 0.6 is 0 Å². The quantitative estimate of drug-likeness (QED) is 0.759. The molecule has 0 saturated heterocycles. The van der Waals surface area contributed by atoms with Crippen LogP contribution in [0.25, 0.3) is 0 Å². The fourth-order valence-electron chi connectivity index (χ4n) is 2.98. The van der Waals surface area contributed by atoms with Gasteiger partial charge in [-0.15, -0.1) is 0 Å². The molecule has 2 atom stereocenters. The van der Waals surface area contributed by atoms with Crippen molar-refractivity contribution >= 4 is 0 Å². The molecule has 1 aromatic rings. The van der Waals surface area contributed by atoms with Crippen LogP contribution in [0.1, 0.15) is 39.3 Å². The number of benzene rings is 1. The second kappa shape index (κ2) is 9.19. The molecule has 0 radical (unpaired) electrons. The molecule has 0 heterocycles. The molecular weight excluding hydrogens is 260 g/mol. The largest absolute Gasteiger partial charge is 0.383 e. The average Bonchev–Trinajstić information content (AvgIpc) is 2.44. The highest BCUT2D eigenvalue weighted by Crippen LogP contribution is 2.25. The summed E-state index contributed by atoms with van der Waals surface area (Å²) in [5, 5.41) is 0. The van der Waals surface area contributed by atoms with Gasteiger partial charge in [-0.05, 0) is 17.4 Å². The summed E-state index contributed by atoms with van der Waals surface area (Å²) in [6.07, 6.45) is 0. The Morgan fingerprint density at radius 3 is 2.19 bits per heavy atom. The van der Waals surface area contributed by atoms with Crippen LogP contribution in [0.2, 0.25) is 0 Å². The Hall–Kier alpha value is -0.900. The normalized spacial score (nSPS) is 14.9. The Balaban J connectivity index is 2.94. The lowest BCUT2D eigenvalue weighted by molar-refractivity contribution is 0.0771. The van der Waals surface area contributed by atoms with Gasteiger partial charge in [0.25, 0.3) is 0 Å². The fourth-order valence-corrected chi connectivity index (χ4v) is 2.98. The van der Waals surface area contributed by atoms with Crippen molar-refractivity contribution in [2.75, 3.05) is 26.8 Å². The molecule has 0 fully saturated rings. The standard InChI is InChI=1S/C18H32N2O/c1-14(2)13-20(11-12-21-5)18(15(3)4)17(19)16-9-7-6-8-10-16/h6-10,14-15,17-18H,11-13,19H2,1-5H3. The minimum Gasteiger partial charge on any atom is -0.383 e. The lowest BCUT2D eigenvalue weighted by atomic mass is 9.89. The molecule has 0 amide bonds. The van der Waals surface area contributed by atoms with Crippen molar-refractivity contribution in [2.24, 2.45) is 17.6 Å². The van der Waals surface area contributed by atoms with Crippen LogP contribution < -0.4 is 5.73 Å². The molecule has 0 spiro atoms. The summed E-state index contributed by atoms with van der Waals surface area (Å²) in [6, 6.07) is 10.8. The van der Waals surface area contributed by atoms with Gasteiger partial charge >= 0.3 is 0 Å². The molecule has 3 heteroatoms. The topological polar surface area (TPSA) is 38.5 Å². The van der Waals surface area contributed by atoms with Crippen LogP contribution in [0.15, 0.2) is 30.3 Å². The Morgan fingerprint density at radius 1 is 1.10 bits per heavy atom. The maximum absolute atomic E-state index is 6.61. The van der Waals surface area contributed by atoms with Gasteiger partial charge in [0, 0.05) is 32.3 Å². The van der Waals surface area contributed by atoms with Gasteiger partial charge in [-0.3, -0.25) is 4.90 Å². The van der Waals surface area contributed by atoms with Gasteiger partial charge in [0.1, 0.15) is 0 Å². The number of nitrogens with zero attached hydrogens (tertiary/aromatic N) is 1. The second-order valence-corrected chi connectivity index (χ2v) is 6.55. The number of hydrogen-bond acceptors (Lipinski definition) is 3. The lowest BCUT2D eigenvalue weighted by Gasteiger charge is -2.39. The van der Waals surface area contributed by atoms with E-state index >= 15 is 0 Å². The first-order valence-corrected chi connectivity index (χ1v) is 8.00. The third-order valence-electron chi connectivity index (χ3n) is 3.84. The molecule has 0 bridgehead atoms. The molecule has 2 N–H and O–H groups in total. The first-order valence-electron chi connectivity index (χ1n) is 8.00. The van der Waals surface area contributed by atoms with E-state index in [-0.39, 0.29) is 6.04 Å². The number of rotatable bonds is 9. The molecule has 0 aromatic heterocycles. The minimum absolute atomic E-state index is 0.0295. The summed E-state index contributed by atoms with van der Waals surface area (Å²) in [5.74, 6) is 1.11. The van der Waals surface area contributed by atoms with Gasteiger partial charge in [-0.2, -0.15) is 0 Å². The Kier molecular flexibility index (Phi) is 7.94. The number of ether oxygens (including phenoxy) is 1. The predicted molar refractivity (Wildman–Crippen MR) is 90.3 cm³/mol. The molecule has 1 rings (SSSR count). The second-order valence-electron chi connectivity index (χ2n) is 6.55. The van der Waals surface area contributed by atoms with Gasteiger partial charge in [-0.1, -0.05) is 58.0 Å². The van der Waals surface area contributed by atoms with Gasteiger partial charge in [0.05, 0.1) is 6.61 Å². The van der Waals surface area contributed by atoms with E-state index in [1.165, 1.54) is 5.56 Å². The van der Waals surface area contributed by atoms with Crippen LogP contribution in [0.3, 0.4) is 0 Å². The van der Waals surface area contributed by atoms with E-state index in [0.29, 0.717) is 17.9 Å². The highest BCUT2D eigenvalue weighted by molar-refractivity contribution is 5.20. The maximum atomic E-state index is 6.61. The molecule has 0 saturated carbocycles. The minimum atomic E-state index is 0.0295. The maximum Gasteiger partial charge on any atom is 0.0589 e. The molecule has 120 valence electrons. The smallest absolute Gasteiger partial charge is 0.0589 e. The van der Waals surface area contributed by atoms with E-state index in [0.717, 1.165) is 19.7 Å². The molecule has 0 aliphatic carbocycles. The van der Waals surface area contributed by atoms with Crippen LogP contribution in [-0.4, -0.2) is 37.7 Å². The lowest BCUT2D eigenvalue weighted by Crippen LogP contribution is -2.48. The summed E-state index contributed by atoms with van der Waals surface area (Å²) in [4.78, 5) is 2.50. The number of hydrogen-bond donors (Lipinski definition) is 1. The Labute approximate surface area is 130 Å². The van der Waals surface area contributed by atoms with Crippen molar-refractivity contribution in [3.63, 3.8) is 0 Å². The van der Waals surface area contributed by atoms with Gasteiger partial charge in [0.2, 0.25) is 0 Å². The van der Waals surface area contributed by atoms with E-state index in [4.69, 9.17) is 10.5 Å². The van der Waals surface area contributed by atoms with E-state index in [1.807, 2.05) is 6.07 Å². The fraction of sp³-hybridized carbons (Fsp3) is 0.667. The van der Waals surface area contributed by atoms with Crippen molar-refractivity contribution in [3.05, 3.63) is 35.9 Å². The summed E-state index contributed by atoms with van der Waals surface area (Å²) >= 11 is 0. The van der Waals surface area contributed by atoms with E-state index in [1.54, 1.807) is 7.11 Å². The predicted octanol–water partition coefficient (Wildman–Crippen LogP) is 3.32. The first-order chi connectivity index (χ1) is 9.97. The van der Waals surface area contributed by atoms with Crippen molar-refractivity contribution in [2.45, 2.75) is 39.8 Å². The molecular formula is C18H32N2O. The van der Waals surface area contributed by atoms with E-state index in [9.17, 15) is 0 Å². The zero-order valence-corrected chi connectivity index (χ0v) is 14.3. The summed E-state index contributed by atoms with van der Waals surface area (Å²) < 4.78 is 5.29. The van der Waals surface area contributed by atoms with Crippen LogP contribution in [0, 0.1) is 11.8 Å². The average molecular weight is 292 g/mol.